The largest absolute Gasteiger partial charge is 0.313 e. The van der Waals surface area contributed by atoms with Crippen LogP contribution in [0.2, 0.25) is 0 Å². The molecule has 5 nitrogen and oxygen atoms in total. The van der Waals surface area contributed by atoms with Crippen molar-refractivity contribution in [1.29, 1.82) is 10.5 Å². The molecule has 6 heteroatoms. The van der Waals surface area contributed by atoms with E-state index in [0.717, 1.165) is 15.7 Å². The minimum absolute atomic E-state index is 0.135. The van der Waals surface area contributed by atoms with Gasteiger partial charge in [-0.2, -0.15) is 10.5 Å². The number of nitriles is 2. The quantitative estimate of drug-likeness (QED) is 0.938. The number of imidazole rings is 1. The zero-order valence-electron chi connectivity index (χ0n) is 11.1. The maximum absolute atomic E-state index is 9.15. The highest BCUT2D eigenvalue weighted by atomic mass is 79.9. The molecule has 1 atom stereocenters. The van der Waals surface area contributed by atoms with Gasteiger partial charge in [-0.05, 0) is 31.7 Å². The summed E-state index contributed by atoms with van der Waals surface area (Å²) in [5, 5.41) is 21.2. The number of nitrogens with zero attached hydrogens (tertiary/aromatic N) is 4. The minimum Gasteiger partial charge on any atom is -0.313 e. The van der Waals surface area contributed by atoms with E-state index in [9.17, 15) is 0 Å². The molecule has 0 radical (unpaired) electrons. The van der Waals surface area contributed by atoms with E-state index in [0.29, 0.717) is 0 Å². The van der Waals surface area contributed by atoms with Gasteiger partial charge < -0.3 is 5.32 Å². The van der Waals surface area contributed by atoms with Crippen molar-refractivity contribution in [2.75, 3.05) is 7.05 Å². The van der Waals surface area contributed by atoms with E-state index >= 15 is 0 Å². The zero-order valence-corrected chi connectivity index (χ0v) is 12.6. The molecule has 0 spiro atoms. The molecular formula is C14H12BrN5. The lowest BCUT2D eigenvalue weighted by Crippen LogP contribution is -2.13. The number of benzene rings is 1. The lowest BCUT2D eigenvalue weighted by molar-refractivity contribution is 0.649. The van der Waals surface area contributed by atoms with Crippen molar-refractivity contribution in [3.05, 3.63) is 46.0 Å². The molecule has 100 valence electrons. The summed E-state index contributed by atoms with van der Waals surface area (Å²) in [6.45, 7) is 2.06. The average Bonchev–Trinajstić information content (AvgIpc) is 2.89. The number of hydrogen-bond donors (Lipinski definition) is 1. The molecule has 0 fully saturated rings. The molecule has 0 saturated heterocycles. The highest BCUT2D eigenvalue weighted by molar-refractivity contribution is 9.10. The first-order valence-electron chi connectivity index (χ1n) is 5.97. The van der Waals surface area contributed by atoms with Crippen LogP contribution >= 0.6 is 15.9 Å². The van der Waals surface area contributed by atoms with Crippen molar-refractivity contribution in [3.8, 4) is 17.8 Å². The molecule has 0 aliphatic carbocycles. The fourth-order valence-corrected chi connectivity index (χ4v) is 2.62. The van der Waals surface area contributed by atoms with Crippen LogP contribution in [0.1, 0.15) is 29.9 Å². The molecule has 0 saturated carbocycles. The molecule has 20 heavy (non-hydrogen) atoms. The molecule has 1 aromatic heterocycles. The predicted molar refractivity (Wildman–Crippen MR) is 78.2 cm³/mol. The summed E-state index contributed by atoms with van der Waals surface area (Å²) >= 11 is 3.53. The van der Waals surface area contributed by atoms with E-state index in [-0.39, 0.29) is 17.4 Å². The third kappa shape index (κ3) is 2.44. The van der Waals surface area contributed by atoms with Gasteiger partial charge in [0.2, 0.25) is 0 Å². The molecule has 1 N–H and O–H groups in total. The second kappa shape index (κ2) is 5.87. The molecule has 0 aliphatic rings. The first-order chi connectivity index (χ1) is 9.62. The number of rotatable bonds is 3. The van der Waals surface area contributed by atoms with Crippen LogP contribution in [0.15, 0.2) is 29.0 Å². The molecule has 0 bridgehead atoms. The van der Waals surface area contributed by atoms with Crippen LogP contribution in [0, 0.1) is 22.7 Å². The maximum Gasteiger partial charge on any atom is 0.177 e. The van der Waals surface area contributed by atoms with Crippen LogP contribution in [-0.4, -0.2) is 16.6 Å². The van der Waals surface area contributed by atoms with E-state index < -0.39 is 0 Å². The van der Waals surface area contributed by atoms with Crippen molar-refractivity contribution < 1.29 is 0 Å². The number of halogens is 1. The first kappa shape index (κ1) is 14.3. The van der Waals surface area contributed by atoms with Gasteiger partial charge >= 0.3 is 0 Å². The Morgan fingerprint density at radius 1 is 1.35 bits per heavy atom. The van der Waals surface area contributed by atoms with Crippen molar-refractivity contribution in [1.82, 2.24) is 14.9 Å². The van der Waals surface area contributed by atoms with Gasteiger partial charge in [0.15, 0.2) is 11.4 Å². The lowest BCUT2D eigenvalue weighted by atomic mass is 10.1. The summed E-state index contributed by atoms with van der Waals surface area (Å²) in [7, 11) is 1.90. The van der Waals surface area contributed by atoms with Crippen LogP contribution in [0.5, 0.6) is 0 Å². The highest BCUT2D eigenvalue weighted by Crippen LogP contribution is 2.26. The predicted octanol–water partition coefficient (Wildman–Crippen LogP) is 2.66. The average molecular weight is 330 g/mol. The third-order valence-corrected chi connectivity index (χ3v) is 3.83. The minimum atomic E-state index is 0.135. The summed E-state index contributed by atoms with van der Waals surface area (Å²) in [6.07, 6.45) is 1.49. The standard InChI is InChI=1S/C14H12BrN5/c1-9(18-2)11-4-3-10(5-12(11)15)20-8-19-13(6-16)14(20)7-17/h3-5,8-9,18H,1-2H3. The highest BCUT2D eigenvalue weighted by Gasteiger charge is 2.13. The van der Waals surface area contributed by atoms with Gasteiger partial charge in [-0.1, -0.05) is 22.0 Å². The van der Waals surface area contributed by atoms with Crippen LogP contribution in [0.25, 0.3) is 5.69 Å². The molecule has 1 aromatic carbocycles. The van der Waals surface area contributed by atoms with Gasteiger partial charge in [0.1, 0.15) is 18.5 Å². The van der Waals surface area contributed by atoms with Crippen molar-refractivity contribution in [3.63, 3.8) is 0 Å². The molecule has 0 amide bonds. The summed E-state index contributed by atoms with van der Waals surface area (Å²) in [5.41, 5.74) is 2.29. The summed E-state index contributed by atoms with van der Waals surface area (Å²) in [5.74, 6) is 0. The van der Waals surface area contributed by atoms with Gasteiger partial charge in [-0.3, -0.25) is 4.57 Å². The van der Waals surface area contributed by atoms with E-state index in [1.807, 2.05) is 37.4 Å². The summed E-state index contributed by atoms with van der Waals surface area (Å²) < 4.78 is 2.55. The molecule has 2 aromatic rings. The summed E-state index contributed by atoms with van der Waals surface area (Å²) in [4.78, 5) is 3.94. The SMILES string of the molecule is CNC(C)c1ccc(-n2cnc(C#N)c2C#N)cc1Br. The van der Waals surface area contributed by atoms with Gasteiger partial charge in [0.05, 0.1) is 0 Å². The van der Waals surface area contributed by atoms with Crippen LogP contribution in [0.3, 0.4) is 0 Å². The molecular weight excluding hydrogens is 318 g/mol. The Hall–Kier alpha value is -2.15. The Balaban J connectivity index is 2.51. The van der Waals surface area contributed by atoms with E-state index in [1.54, 1.807) is 4.57 Å². The number of aromatic nitrogens is 2. The normalized spacial score (nSPS) is 11.7. The van der Waals surface area contributed by atoms with Crippen molar-refractivity contribution in [2.45, 2.75) is 13.0 Å². The van der Waals surface area contributed by atoms with Gasteiger partial charge in [-0.25, -0.2) is 4.98 Å². The second-order valence-corrected chi connectivity index (χ2v) is 5.11. The molecule has 1 unspecified atom stereocenters. The molecule has 1 heterocycles. The van der Waals surface area contributed by atoms with Crippen LogP contribution in [0.4, 0.5) is 0 Å². The van der Waals surface area contributed by atoms with Crippen LogP contribution < -0.4 is 5.32 Å². The van der Waals surface area contributed by atoms with E-state index in [1.165, 1.54) is 6.33 Å². The molecule has 0 aliphatic heterocycles. The summed E-state index contributed by atoms with van der Waals surface area (Å²) in [6, 6.07) is 9.93. The Kier molecular flexibility index (Phi) is 4.19. The number of hydrogen-bond acceptors (Lipinski definition) is 4. The van der Waals surface area contributed by atoms with Gasteiger partial charge in [-0.15, -0.1) is 0 Å². The number of nitrogens with one attached hydrogen (secondary N) is 1. The fraction of sp³-hybridized carbons (Fsp3) is 0.214. The second-order valence-electron chi connectivity index (χ2n) is 4.25. The maximum atomic E-state index is 9.15. The third-order valence-electron chi connectivity index (χ3n) is 3.14. The van der Waals surface area contributed by atoms with Crippen LogP contribution in [-0.2, 0) is 0 Å². The van der Waals surface area contributed by atoms with Crippen molar-refractivity contribution >= 4 is 15.9 Å². The Morgan fingerprint density at radius 3 is 2.65 bits per heavy atom. The lowest BCUT2D eigenvalue weighted by Gasteiger charge is -2.14. The van der Waals surface area contributed by atoms with Gasteiger partial charge in [0.25, 0.3) is 0 Å². The zero-order chi connectivity index (χ0) is 14.7. The Bertz CT molecular complexity index is 720. The molecule has 2 rings (SSSR count). The van der Waals surface area contributed by atoms with Crippen molar-refractivity contribution in [2.24, 2.45) is 0 Å². The van der Waals surface area contributed by atoms with E-state index in [2.05, 4.69) is 33.2 Å². The Morgan fingerprint density at radius 2 is 2.10 bits per heavy atom. The smallest absolute Gasteiger partial charge is 0.177 e. The van der Waals surface area contributed by atoms with Gasteiger partial charge in [0, 0.05) is 16.2 Å². The monoisotopic (exact) mass is 329 g/mol. The topological polar surface area (TPSA) is 77.4 Å². The Labute approximate surface area is 125 Å². The first-order valence-corrected chi connectivity index (χ1v) is 6.76. The van der Waals surface area contributed by atoms with E-state index in [4.69, 9.17) is 10.5 Å². The fourth-order valence-electron chi connectivity index (χ4n) is 1.91.